The average Bonchev–Trinajstić information content (AvgIpc) is 2.23. The average molecular weight is 228 g/mol. The molecule has 0 aromatic rings. The summed E-state index contributed by atoms with van der Waals surface area (Å²) in [6, 6.07) is 0. The molecule has 1 fully saturated rings. The van der Waals surface area contributed by atoms with Crippen LogP contribution in [-0.4, -0.2) is 18.1 Å². The minimum Gasteiger partial charge on any atom is -0.365 e. The molecule has 3 N–H and O–H groups in total. The molecule has 1 aliphatic carbocycles. The van der Waals surface area contributed by atoms with Gasteiger partial charge in [0.1, 0.15) is 6.10 Å². The number of hydrazine groups is 1. The fraction of sp³-hybridized carbons (Fsp3) is 0.917. The molecule has 0 aliphatic heterocycles. The second-order valence-electron chi connectivity index (χ2n) is 5.08. The van der Waals surface area contributed by atoms with E-state index in [4.69, 9.17) is 10.6 Å². The highest BCUT2D eigenvalue weighted by molar-refractivity contribution is 5.80. The van der Waals surface area contributed by atoms with Crippen LogP contribution in [0.1, 0.15) is 46.5 Å². The number of hydrogen-bond acceptors (Lipinski definition) is 3. The lowest BCUT2D eigenvalue weighted by Gasteiger charge is -2.33. The van der Waals surface area contributed by atoms with Gasteiger partial charge in [0, 0.05) is 0 Å². The molecule has 0 radical (unpaired) electrons. The molecule has 1 saturated carbocycles. The van der Waals surface area contributed by atoms with Crippen LogP contribution in [0.5, 0.6) is 0 Å². The number of rotatable bonds is 4. The largest absolute Gasteiger partial charge is 0.365 e. The van der Waals surface area contributed by atoms with Crippen LogP contribution in [0.4, 0.5) is 0 Å². The Morgan fingerprint density at radius 1 is 1.38 bits per heavy atom. The number of nitrogens with two attached hydrogens (primary N) is 1. The van der Waals surface area contributed by atoms with Gasteiger partial charge in [-0.05, 0) is 37.5 Å². The van der Waals surface area contributed by atoms with Crippen LogP contribution in [0.15, 0.2) is 0 Å². The number of nitrogens with one attached hydrogen (secondary N) is 1. The van der Waals surface area contributed by atoms with E-state index in [0.29, 0.717) is 18.3 Å². The topological polar surface area (TPSA) is 64.3 Å². The third-order valence-electron chi connectivity index (χ3n) is 3.30. The van der Waals surface area contributed by atoms with Crippen LogP contribution < -0.4 is 11.3 Å². The Hall–Kier alpha value is -0.610. The van der Waals surface area contributed by atoms with Crippen molar-refractivity contribution in [3.8, 4) is 0 Å². The van der Waals surface area contributed by atoms with E-state index < -0.39 is 6.10 Å². The van der Waals surface area contributed by atoms with Crippen molar-refractivity contribution < 1.29 is 9.53 Å². The monoisotopic (exact) mass is 228 g/mol. The first-order valence-electron chi connectivity index (χ1n) is 6.22. The van der Waals surface area contributed by atoms with Crippen molar-refractivity contribution in [1.82, 2.24) is 5.43 Å². The molecule has 0 bridgehead atoms. The van der Waals surface area contributed by atoms with Crippen LogP contribution in [-0.2, 0) is 9.53 Å². The highest BCUT2D eigenvalue weighted by Crippen LogP contribution is 2.31. The highest BCUT2D eigenvalue weighted by atomic mass is 16.5. The molecular weight excluding hydrogens is 204 g/mol. The zero-order chi connectivity index (χ0) is 12.1. The summed E-state index contributed by atoms with van der Waals surface area (Å²) in [4.78, 5) is 11.4. The molecule has 0 aromatic heterocycles. The Balaban J connectivity index is 2.47. The quantitative estimate of drug-likeness (QED) is 0.436. The second-order valence-corrected chi connectivity index (χ2v) is 5.08. The van der Waals surface area contributed by atoms with Gasteiger partial charge < -0.3 is 4.74 Å². The van der Waals surface area contributed by atoms with Gasteiger partial charge in [-0.2, -0.15) is 0 Å². The summed E-state index contributed by atoms with van der Waals surface area (Å²) in [6.07, 6.45) is 3.85. The molecule has 4 heteroatoms. The maximum Gasteiger partial charge on any atom is 0.262 e. The van der Waals surface area contributed by atoms with Crippen molar-refractivity contribution in [2.75, 3.05) is 0 Å². The molecule has 0 aromatic carbocycles. The summed E-state index contributed by atoms with van der Waals surface area (Å²) in [5.41, 5.74) is 2.16. The van der Waals surface area contributed by atoms with Crippen LogP contribution in [0, 0.1) is 11.8 Å². The molecule has 4 nitrogen and oxygen atoms in total. The van der Waals surface area contributed by atoms with E-state index in [1.165, 1.54) is 6.42 Å². The standard InChI is InChI=1S/C12H24N2O2/c1-4-11(12(15)14-13)16-10-6-8(2)5-9(3)7-10/h8-11H,4-7,13H2,1-3H3,(H,14,15). The van der Waals surface area contributed by atoms with Gasteiger partial charge in [-0.1, -0.05) is 20.8 Å². The minimum atomic E-state index is -0.396. The Morgan fingerprint density at radius 3 is 2.38 bits per heavy atom. The molecular formula is C12H24N2O2. The lowest BCUT2D eigenvalue weighted by Crippen LogP contribution is -2.43. The van der Waals surface area contributed by atoms with Crippen molar-refractivity contribution >= 4 is 5.91 Å². The first kappa shape index (κ1) is 13.5. The van der Waals surface area contributed by atoms with Crippen molar-refractivity contribution in [2.45, 2.75) is 58.7 Å². The summed E-state index contributed by atoms with van der Waals surface area (Å²) >= 11 is 0. The first-order chi connectivity index (χ1) is 7.56. The van der Waals surface area contributed by atoms with Crippen LogP contribution in [0.25, 0.3) is 0 Å². The normalized spacial score (nSPS) is 32.1. The summed E-state index contributed by atoms with van der Waals surface area (Å²) in [5.74, 6) is 6.29. The predicted octanol–water partition coefficient (Wildman–Crippen LogP) is 1.60. The van der Waals surface area contributed by atoms with Gasteiger partial charge in [0.2, 0.25) is 0 Å². The molecule has 0 heterocycles. The van der Waals surface area contributed by atoms with E-state index >= 15 is 0 Å². The zero-order valence-corrected chi connectivity index (χ0v) is 10.5. The summed E-state index contributed by atoms with van der Waals surface area (Å²) in [6.45, 7) is 6.43. The minimum absolute atomic E-state index is 0.209. The number of carbonyl (C=O) groups is 1. The molecule has 94 valence electrons. The van der Waals surface area contributed by atoms with Crippen LogP contribution in [0.3, 0.4) is 0 Å². The lowest BCUT2D eigenvalue weighted by atomic mass is 9.81. The number of ether oxygens (including phenoxy) is 1. The van der Waals surface area contributed by atoms with E-state index in [1.54, 1.807) is 0 Å². The van der Waals surface area contributed by atoms with Crippen molar-refractivity contribution in [3.05, 3.63) is 0 Å². The van der Waals surface area contributed by atoms with Gasteiger partial charge in [-0.25, -0.2) is 5.84 Å². The van der Waals surface area contributed by atoms with E-state index in [9.17, 15) is 4.79 Å². The van der Waals surface area contributed by atoms with Crippen molar-refractivity contribution in [1.29, 1.82) is 0 Å². The van der Waals surface area contributed by atoms with Crippen molar-refractivity contribution in [2.24, 2.45) is 17.7 Å². The predicted molar refractivity (Wildman–Crippen MR) is 63.5 cm³/mol. The summed E-state index contributed by atoms with van der Waals surface area (Å²) in [7, 11) is 0. The fourth-order valence-corrected chi connectivity index (χ4v) is 2.65. The molecule has 0 saturated heterocycles. The molecule has 1 amide bonds. The lowest BCUT2D eigenvalue weighted by molar-refractivity contribution is -0.139. The van der Waals surface area contributed by atoms with Gasteiger partial charge in [0.05, 0.1) is 6.10 Å². The highest BCUT2D eigenvalue weighted by Gasteiger charge is 2.28. The summed E-state index contributed by atoms with van der Waals surface area (Å²) in [5, 5.41) is 0. The number of amides is 1. The Labute approximate surface area is 97.9 Å². The van der Waals surface area contributed by atoms with Crippen LogP contribution >= 0.6 is 0 Å². The Morgan fingerprint density at radius 2 is 1.94 bits per heavy atom. The molecule has 3 unspecified atom stereocenters. The Bertz CT molecular complexity index is 223. The fourth-order valence-electron chi connectivity index (χ4n) is 2.65. The smallest absolute Gasteiger partial charge is 0.262 e. The SMILES string of the molecule is CCC(OC1CC(C)CC(C)C1)C(=O)NN. The summed E-state index contributed by atoms with van der Waals surface area (Å²) < 4.78 is 5.84. The second kappa shape index (κ2) is 6.21. The van der Waals surface area contributed by atoms with E-state index in [0.717, 1.165) is 12.8 Å². The third-order valence-corrected chi connectivity index (χ3v) is 3.30. The van der Waals surface area contributed by atoms with E-state index in [2.05, 4.69) is 19.3 Å². The maximum atomic E-state index is 11.4. The maximum absolute atomic E-state index is 11.4. The number of hydrogen-bond donors (Lipinski definition) is 2. The molecule has 16 heavy (non-hydrogen) atoms. The van der Waals surface area contributed by atoms with Gasteiger partial charge in [0.15, 0.2) is 0 Å². The van der Waals surface area contributed by atoms with Gasteiger partial charge in [-0.3, -0.25) is 10.2 Å². The Kier molecular flexibility index (Phi) is 5.22. The van der Waals surface area contributed by atoms with Crippen LogP contribution in [0.2, 0.25) is 0 Å². The van der Waals surface area contributed by atoms with E-state index in [-0.39, 0.29) is 12.0 Å². The molecule has 3 atom stereocenters. The molecule has 1 aliphatic rings. The third kappa shape index (κ3) is 3.76. The van der Waals surface area contributed by atoms with Gasteiger partial charge in [-0.15, -0.1) is 0 Å². The van der Waals surface area contributed by atoms with Gasteiger partial charge in [0.25, 0.3) is 5.91 Å². The van der Waals surface area contributed by atoms with E-state index in [1.807, 2.05) is 6.92 Å². The van der Waals surface area contributed by atoms with Gasteiger partial charge >= 0.3 is 0 Å². The first-order valence-corrected chi connectivity index (χ1v) is 6.22. The number of carbonyl (C=O) groups excluding carboxylic acids is 1. The molecule has 0 spiro atoms. The molecule has 1 rings (SSSR count). The zero-order valence-electron chi connectivity index (χ0n) is 10.5. The van der Waals surface area contributed by atoms with Crippen molar-refractivity contribution in [3.63, 3.8) is 0 Å².